The van der Waals surface area contributed by atoms with E-state index in [0.717, 1.165) is 30.3 Å². The van der Waals surface area contributed by atoms with Crippen LogP contribution in [0.25, 0.3) is 10.8 Å². The van der Waals surface area contributed by atoms with Gasteiger partial charge in [-0.1, -0.05) is 36.4 Å². The van der Waals surface area contributed by atoms with E-state index in [1.807, 2.05) is 19.1 Å². The van der Waals surface area contributed by atoms with Crippen molar-refractivity contribution in [1.29, 1.82) is 0 Å². The second-order valence-corrected chi connectivity index (χ2v) is 5.99. The van der Waals surface area contributed by atoms with E-state index < -0.39 is 0 Å². The molecule has 0 amide bonds. The van der Waals surface area contributed by atoms with Gasteiger partial charge in [0.1, 0.15) is 5.75 Å². The Bertz CT molecular complexity index is 891. The van der Waals surface area contributed by atoms with E-state index in [1.54, 1.807) is 0 Å². The van der Waals surface area contributed by atoms with Gasteiger partial charge in [0.15, 0.2) is 11.5 Å². The zero-order valence-electron chi connectivity index (χ0n) is 14.2. The van der Waals surface area contributed by atoms with E-state index in [0.29, 0.717) is 13.4 Å². The second kappa shape index (κ2) is 7.03. The number of ether oxygens (including phenoxy) is 3. The molecule has 3 aromatic rings. The standard InChI is InChI=1S/C21H21NO3/c1-2-23-19-10-8-16-5-3-4-6-17(16)18(19)13-22-12-15-7-9-20-21(11-15)25-14-24-20/h3-11,22H,2,12-14H2,1H3. The quantitative estimate of drug-likeness (QED) is 0.731. The molecule has 0 spiro atoms. The van der Waals surface area contributed by atoms with Crippen LogP contribution in [-0.4, -0.2) is 13.4 Å². The average molecular weight is 335 g/mol. The molecule has 0 fully saturated rings. The molecule has 0 saturated heterocycles. The molecule has 1 aliphatic heterocycles. The van der Waals surface area contributed by atoms with Gasteiger partial charge in [-0.25, -0.2) is 0 Å². The fourth-order valence-electron chi connectivity index (χ4n) is 3.17. The Hall–Kier alpha value is -2.72. The lowest BCUT2D eigenvalue weighted by molar-refractivity contribution is 0.174. The molecule has 0 aliphatic carbocycles. The molecule has 1 aliphatic rings. The lowest BCUT2D eigenvalue weighted by atomic mass is 10.0. The fraction of sp³-hybridized carbons (Fsp3) is 0.238. The summed E-state index contributed by atoms with van der Waals surface area (Å²) in [4.78, 5) is 0. The van der Waals surface area contributed by atoms with Crippen LogP contribution in [0.15, 0.2) is 54.6 Å². The maximum absolute atomic E-state index is 5.83. The smallest absolute Gasteiger partial charge is 0.231 e. The van der Waals surface area contributed by atoms with E-state index in [2.05, 4.69) is 47.8 Å². The summed E-state index contributed by atoms with van der Waals surface area (Å²) < 4.78 is 16.6. The van der Waals surface area contributed by atoms with Crippen molar-refractivity contribution in [1.82, 2.24) is 5.32 Å². The van der Waals surface area contributed by atoms with Crippen molar-refractivity contribution in [2.75, 3.05) is 13.4 Å². The van der Waals surface area contributed by atoms with Gasteiger partial charge >= 0.3 is 0 Å². The third kappa shape index (κ3) is 3.26. The highest BCUT2D eigenvalue weighted by molar-refractivity contribution is 5.87. The monoisotopic (exact) mass is 335 g/mol. The number of benzene rings is 3. The summed E-state index contributed by atoms with van der Waals surface area (Å²) in [6.07, 6.45) is 0. The van der Waals surface area contributed by atoms with Crippen molar-refractivity contribution < 1.29 is 14.2 Å². The van der Waals surface area contributed by atoms with Gasteiger partial charge in [0.2, 0.25) is 6.79 Å². The Labute approximate surface area is 147 Å². The Morgan fingerprint density at radius 2 is 1.84 bits per heavy atom. The van der Waals surface area contributed by atoms with E-state index >= 15 is 0 Å². The Balaban J connectivity index is 1.53. The summed E-state index contributed by atoms with van der Waals surface area (Å²) in [6, 6.07) is 18.6. The Morgan fingerprint density at radius 1 is 0.960 bits per heavy atom. The molecule has 0 bridgehead atoms. The lowest BCUT2D eigenvalue weighted by Crippen LogP contribution is -2.14. The Morgan fingerprint density at radius 3 is 2.76 bits per heavy atom. The predicted octanol–water partition coefficient (Wildman–Crippen LogP) is 4.26. The fourth-order valence-corrected chi connectivity index (χ4v) is 3.17. The SMILES string of the molecule is CCOc1ccc2ccccc2c1CNCc1ccc2c(c1)OCO2. The molecule has 0 aromatic heterocycles. The van der Waals surface area contributed by atoms with Crippen LogP contribution in [-0.2, 0) is 13.1 Å². The first-order chi connectivity index (χ1) is 12.3. The molecule has 0 atom stereocenters. The normalized spacial score (nSPS) is 12.5. The van der Waals surface area contributed by atoms with Crippen molar-refractivity contribution in [2.45, 2.75) is 20.0 Å². The highest BCUT2D eigenvalue weighted by Gasteiger charge is 2.13. The maximum Gasteiger partial charge on any atom is 0.231 e. The highest BCUT2D eigenvalue weighted by Crippen LogP contribution is 2.32. The lowest BCUT2D eigenvalue weighted by Gasteiger charge is -2.14. The molecule has 0 radical (unpaired) electrons. The molecular formula is C21H21NO3. The van der Waals surface area contributed by atoms with Gasteiger partial charge in [-0.3, -0.25) is 0 Å². The summed E-state index contributed by atoms with van der Waals surface area (Å²) >= 11 is 0. The summed E-state index contributed by atoms with van der Waals surface area (Å²) in [7, 11) is 0. The number of rotatable bonds is 6. The molecule has 1 N–H and O–H groups in total. The molecule has 0 saturated carbocycles. The van der Waals surface area contributed by atoms with Crippen LogP contribution < -0.4 is 19.5 Å². The van der Waals surface area contributed by atoms with Gasteiger partial charge in [-0.2, -0.15) is 0 Å². The van der Waals surface area contributed by atoms with Gasteiger partial charge in [-0.05, 0) is 41.5 Å². The zero-order chi connectivity index (χ0) is 17.1. The summed E-state index contributed by atoms with van der Waals surface area (Å²) in [5, 5.41) is 5.98. The topological polar surface area (TPSA) is 39.7 Å². The van der Waals surface area contributed by atoms with Crippen LogP contribution in [0.3, 0.4) is 0 Å². The number of fused-ring (bicyclic) bond motifs is 2. The molecule has 4 heteroatoms. The summed E-state index contributed by atoms with van der Waals surface area (Å²) in [5.74, 6) is 2.58. The molecule has 128 valence electrons. The molecule has 4 rings (SSSR count). The van der Waals surface area contributed by atoms with Crippen LogP contribution in [0.4, 0.5) is 0 Å². The average Bonchev–Trinajstić information content (AvgIpc) is 3.11. The molecule has 1 heterocycles. The largest absolute Gasteiger partial charge is 0.494 e. The van der Waals surface area contributed by atoms with Crippen molar-refractivity contribution in [3.05, 3.63) is 65.7 Å². The van der Waals surface area contributed by atoms with Crippen LogP contribution >= 0.6 is 0 Å². The van der Waals surface area contributed by atoms with Crippen LogP contribution in [0.1, 0.15) is 18.1 Å². The van der Waals surface area contributed by atoms with Crippen molar-refractivity contribution in [3.8, 4) is 17.2 Å². The first-order valence-electron chi connectivity index (χ1n) is 8.58. The van der Waals surface area contributed by atoms with Gasteiger partial charge < -0.3 is 19.5 Å². The first-order valence-corrected chi connectivity index (χ1v) is 8.58. The van der Waals surface area contributed by atoms with E-state index in [-0.39, 0.29) is 0 Å². The first kappa shape index (κ1) is 15.8. The summed E-state index contributed by atoms with van der Waals surface area (Å²) in [5.41, 5.74) is 2.36. The summed E-state index contributed by atoms with van der Waals surface area (Å²) in [6.45, 7) is 4.48. The minimum Gasteiger partial charge on any atom is -0.494 e. The zero-order valence-corrected chi connectivity index (χ0v) is 14.2. The van der Waals surface area contributed by atoms with Gasteiger partial charge in [0.05, 0.1) is 6.61 Å². The molecule has 4 nitrogen and oxygen atoms in total. The third-order valence-electron chi connectivity index (χ3n) is 4.37. The van der Waals surface area contributed by atoms with E-state index in [4.69, 9.17) is 14.2 Å². The minimum absolute atomic E-state index is 0.305. The molecule has 3 aromatic carbocycles. The molecular weight excluding hydrogens is 314 g/mol. The Kier molecular flexibility index (Phi) is 4.44. The van der Waals surface area contributed by atoms with Crippen molar-refractivity contribution in [2.24, 2.45) is 0 Å². The van der Waals surface area contributed by atoms with Crippen LogP contribution in [0, 0.1) is 0 Å². The maximum atomic E-state index is 5.83. The van der Waals surface area contributed by atoms with Gasteiger partial charge in [-0.15, -0.1) is 0 Å². The number of hydrogen-bond acceptors (Lipinski definition) is 4. The van der Waals surface area contributed by atoms with Crippen LogP contribution in [0.2, 0.25) is 0 Å². The minimum atomic E-state index is 0.305. The van der Waals surface area contributed by atoms with Crippen molar-refractivity contribution >= 4 is 10.8 Å². The van der Waals surface area contributed by atoms with E-state index in [9.17, 15) is 0 Å². The number of nitrogens with one attached hydrogen (secondary N) is 1. The third-order valence-corrected chi connectivity index (χ3v) is 4.37. The highest BCUT2D eigenvalue weighted by atomic mass is 16.7. The number of hydrogen-bond donors (Lipinski definition) is 1. The van der Waals surface area contributed by atoms with Crippen LogP contribution in [0.5, 0.6) is 17.2 Å². The van der Waals surface area contributed by atoms with E-state index in [1.165, 1.54) is 21.9 Å². The molecule has 0 unspecified atom stereocenters. The van der Waals surface area contributed by atoms with Crippen molar-refractivity contribution in [3.63, 3.8) is 0 Å². The predicted molar refractivity (Wildman–Crippen MR) is 98.2 cm³/mol. The molecule has 25 heavy (non-hydrogen) atoms. The van der Waals surface area contributed by atoms with Gasteiger partial charge in [0.25, 0.3) is 0 Å². The second-order valence-electron chi connectivity index (χ2n) is 5.99. The van der Waals surface area contributed by atoms with Gasteiger partial charge in [0, 0.05) is 18.7 Å².